The molecule has 0 fully saturated rings. The summed E-state index contributed by atoms with van der Waals surface area (Å²) in [6, 6.07) is 6.17. The third-order valence-electron chi connectivity index (χ3n) is 6.09. The van der Waals surface area contributed by atoms with Gasteiger partial charge in [0.05, 0.1) is 15.2 Å². The summed E-state index contributed by atoms with van der Waals surface area (Å²) >= 11 is 2.28. The van der Waals surface area contributed by atoms with Crippen molar-refractivity contribution >= 4 is 45.8 Å². The third kappa shape index (κ3) is 4.28. The second kappa shape index (κ2) is 9.34. The van der Waals surface area contributed by atoms with E-state index in [0.29, 0.717) is 19.4 Å². The normalized spacial score (nSPS) is 21.7. The highest BCUT2D eigenvalue weighted by Crippen LogP contribution is 2.44. The van der Waals surface area contributed by atoms with Crippen LogP contribution in [0.15, 0.2) is 23.3 Å². The molecule has 1 N–H and O–H groups in total. The molecule has 2 aliphatic rings. The number of amides is 2. The van der Waals surface area contributed by atoms with E-state index in [1.807, 2.05) is 37.8 Å². The standard InChI is InChI=1S/C23H32IN3O3/c1-5-6-8-16-14-20(29)26(11-7-12-28)25-21(16)17-9-10-19-18(13-17)23(3,4)22(30)27(19)15(2)24/h9-10,13,15-16,28H,5-8,11-12,14H2,1-4H3. The lowest BCUT2D eigenvalue weighted by molar-refractivity contribution is -0.132. The van der Waals surface area contributed by atoms with Crippen molar-refractivity contribution in [2.75, 3.05) is 18.1 Å². The van der Waals surface area contributed by atoms with Crippen molar-refractivity contribution in [2.45, 2.75) is 69.3 Å². The van der Waals surface area contributed by atoms with Gasteiger partial charge in [0.25, 0.3) is 0 Å². The molecule has 3 rings (SSSR count). The van der Waals surface area contributed by atoms with Crippen LogP contribution < -0.4 is 4.90 Å². The summed E-state index contributed by atoms with van der Waals surface area (Å²) in [5.74, 6) is 0.222. The highest BCUT2D eigenvalue weighted by atomic mass is 127. The summed E-state index contributed by atoms with van der Waals surface area (Å²) in [7, 11) is 0. The average molecular weight is 525 g/mol. The topological polar surface area (TPSA) is 73.2 Å². The molecule has 2 heterocycles. The van der Waals surface area contributed by atoms with Crippen LogP contribution in [0.25, 0.3) is 0 Å². The number of hydrogen-bond donors (Lipinski definition) is 1. The first kappa shape index (κ1) is 23.2. The molecule has 0 saturated carbocycles. The van der Waals surface area contributed by atoms with Crippen molar-refractivity contribution in [1.82, 2.24) is 5.01 Å². The molecule has 2 aliphatic heterocycles. The zero-order valence-electron chi connectivity index (χ0n) is 18.3. The van der Waals surface area contributed by atoms with Gasteiger partial charge in [-0.1, -0.05) is 48.4 Å². The maximum Gasteiger partial charge on any atom is 0.243 e. The molecule has 1 aromatic carbocycles. The average Bonchev–Trinajstić information content (AvgIpc) is 2.91. The van der Waals surface area contributed by atoms with Crippen molar-refractivity contribution in [3.05, 3.63) is 29.3 Å². The Morgan fingerprint density at radius 3 is 2.67 bits per heavy atom. The number of aliphatic hydroxyl groups excluding tert-OH is 1. The first-order valence-corrected chi connectivity index (χ1v) is 12.1. The third-order valence-corrected chi connectivity index (χ3v) is 6.65. The van der Waals surface area contributed by atoms with Gasteiger partial charge in [0.1, 0.15) is 0 Å². The minimum Gasteiger partial charge on any atom is -0.396 e. The van der Waals surface area contributed by atoms with Gasteiger partial charge in [-0.3, -0.25) is 14.5 Å². The molecule has 7 heteroatoms. The number of alkyl halides is 1. The fourth-order valence-electron chi connectivity index (χ4n) is 4.34. The molecule has 30 heavy (non-hydrogen) atoms. The smallest absolute Gasteiger partial charge is 0.243 e. The number of unbranched alkanes of at least 4 members (excludes halogenated alkanes) is 1. The zero-order valence-corrected chi connectivity index (χ0v) is 20.5. The lowest BCUT2D eigenvalue weighted by atomic mass is 9.82. The van der Waals surface area contributed by atoms with Crippen molar-refractivity contribution in [2.24, 2.45) is 11.0 Å². The number of hydrogen-bond acceptors (Lipinski definition) is 4. The molecule has 0 bridgehead atoms. The highest BCUT2D eigenvalue weighted by Gasteiger charge is 2.45. The molecular formula is C23H32IN3O3. The van der Waals surface area contributed by atoms with Crippen molar-refractivity contribution in [3.8, 4) is 0 Å². The van der Waals surface area contributed by atoms with Crippen LogP contribution in [0.2, 0.25) is 0 Å². The number of fused-ring (bicyclic) bond motifs is 1. The van der Waals surface area contributed by atoms with E-state index in [0.717, 1.165) is 41.8 Å². The lowest BCUT2D eigenvalue weighted by Gasteiger charge is -2.30. The van der Waals surface area contributed by atoms with Crippen LogP contribution in [0.1, 0.15) is 70.9 Å². The summed E-state index contributed by atoms with van der Waals surface area (Å²) in [5, 5.41) is 15.4. The number of nitrogens with zero attached hydrogens (tertiary/aromatic N) is 3. The molecule has 2 amide bonds. The molecule has 1 aromatic rings. The second-order valence-corrected chi connectivity index (χ2v) is 10.5. The van der Waals surface area contributed by atoms with E-state index in [2.05, 4.69) is 35.6 Å². The van der Waals surface area contributed by atoms with Gasteiger partial charge in [-0.25, -0.2) is 5.01 Å². The minimum atomic E-state index is -0.592. The van der Waals surface area contributed by atoms with Crippen LogP contribution >= 0.6 is 22.6 Å². The zero-order chi connectivity index (χ0) is 22.1. The van der Waals surface area contributed by atoms with Crippen molar-refractivity contribution in [1.29, 1.82) is 0 Å². The Morgan fingerprint density at radius 2 is 2.03 bits per heavy atom. The maximum absolute atomic E-state index is 13.0. The molecular weight excluding hydrogens is 493 g/mol. The molecule has 2 unspecified atom stereocenters. The molecule has 0 saturated heterocycles. The summed E-state index contributed by atoms with van der Waals surface area (Å²) in [6.07, 6.45) is 3.99. The van der Waals surface area contributed by atoms with Crippen LogP contribution in [0, 0.1) is 5.92 Å². The molecule has 0 aromatic heterocycles. The number of rotatable bonds is 8. The number of carbonyl (C=O) groups excluding carboxylic acids is 2. The van der Waals surface area contributed by atoms with Gasteiger partial charge in [-0.05, 0) is 56.9 Å². The largest absolute Gasteiger partial charge is 0.396 e. The van der Waals surface area contributed by atoms with Crippen LogP contribution in [0.5, 0.6) is 0 Å². The van der Waals surface area contributed by atoms with Crippen LogP contribution in [-0.4, -0.2) is 44.8 Å². The molecule has 6 nitrogen and oxygen atoms in total. The Balaban J connectivity index is 2.04. The Kier molecular flexibility index (Phi) is 7.22. The fourth-order valence-corrected chi connectivity index (χ4v) is 4.90. The summed E-state index contributed by atoms with van der Waals surface area (Å²) in [5.41, 5.74) is 3.30. The molecule has 0 spiro atoms. The van der Waals surface area contributed by atoms with Crippen molar-refractivity contribution in [3.63, 3.8) is 0 Å². The van der Waals surface area contributed by atoms with Gasteiger partial charge in [0.15, 0.2) is 0 Å². The number of benzene rings is 1. The van der Waals surface area contributed by atoms with E-state index in [-0.39, 0.29) is 28.4 Å². The Morgan fingerprint density at radius 1 is 1.30 bits per heavy atom. The number of aliphatic hydroxyl groups is 1. The Bertz CT molecular complexity index is 850. The quantitative estimate of drug-likeness (QED) is 0.314. The number of halogens is 1. The molecule has 0 radical (unpaired) electrons. The summed E-state index contributed by atoms with van der Waals surface area (Å²) in [4.78, 5) is 27.5. The van der Waals surface area contributed by atoms with E-state index in [9.17, 15) is 9.59 Å². The van der Waals surface area contributed by atoms with Gasteiger partial charge < -0.3 is 5.11 Å². The number of hydrazone groups is 1. The lowest BCUT2D eigenvalue weighted by Crippen LogP contribution is -2.39. The Hall–Kier alpha value is -1.48. The number of anilines is 1. The van der Waals surface area contributed by atoms with Gasteiger partial charge in [-0.15, -0.1) is 0 Å². The van der Waals surface area contributed by atoms with Crippen LogP contribution in [0.4, 0.5) is 5.69 Å². The van der Waals surface area contributed by atoms with E-state index in [4.69, 9.17) is 10.2 Å². The fraction of sp³-hybridized carbons (Fsp3) is 0.609. The van der Waals surface area contributed by atoms with Crippen LogP contribution in [0.3, 0.4) is 0 Å². The predicted molar refractivity (Wildman–Crippen MR) is 128 cm³/mol. The Labute approximate surface area is 192 Å². The molecule has 2 atom stereocenters. The van der Waals surface area contributed by atoms with Crippen LogP contribution in [-0.2, 0) is 15.0 Å². The van der Waals surface area contributed by atoms with E-state index >= 15 is 0 Å². The van der Waals surface area contributed by atoms with Crippen molar-refractivity contribution < 1.29 is 14.7 Å². The highest BCUT2D eigenvalue weighted by molar-refractivity contribution is 14.1. The van der Waals surface area contributed by atoms with E-state index in [1.54, 1.807) is 0 Å². The first-order valence-electron chi connectivity index (χ1n) is 10.8. The number of carbonyl (C=O) groups is 2. The summed E-state index contributed by atoms with van der Waals surface area (Å²) < 4.78 is 0.0670. The van der Waals surface area contributed by atoms with E-state index in [1.165, 1.54) is 5.01 Å². The minimum absolute atomic E-state index is 0.0230. The molecule has 0 aliphatic carbocycles. The van der Waals surface area contributed by atoms with Gasteiger partial charge in [0.2, 0.25) is 11.8 Å². The predicted octanol–water partition coefficient (Wildman–Crippen LogP) is 4.22. The maximum atomic E-state index is 13.0. The van der Waals surface area contributed by atoms with Gasteiger partial charge >= 0.3 is 0 Å². The second-order valence-electron chi connectivity index (χ2n) is 8.73. The van der Waals surface area contributed by atoms with Gasteiger partial charge in [-0.2, -0.15) is 5.10 Å². The monoisotopic (exact) mass is 525 g/mol. The molecule has 164 valence electrons. The summed E-state index contributed by atoms with van der Waals surface area (Å²) in [6.45, 7) is 8.59. The van der Waals surface area contributed by atoms with Gasteiger partial charge in [0, 0.05) is 31.2 Å². The SMILES string of the molecule is CCCCC1CC(=O)N(CCCO)N=C1c1ccc2c(c1)C(C)(C)C(=O)N2C(C)I. The van der Waals surface area contributed by atoms with E-state index < -0.39 is 5.41 Å². The first-order chi connectivity index (χ1) is 14.2.